The highest BCUT2D eigenvalue weighted by Crippen LogP contribution is 2.36. The van der Waals surface area contributed by atoms with Gasteiger partial charge in [-0.1, -0.05) is 106 Å². The molecule has 3 saturated heterocycles. The number of rotatable bonds is 15. The maximum atomic E-state index is 16.0. The number of aliphatic carboxylic acids is 2. The highest BCUT2D eigenvalue weighted by Gasteiger charge is 2.53. The van der Waals surface area contributed by atoms with Crippen molar-refractivity contribution in [2.24, 2.45) is 11.1 Å². The molecule has 0 unspecified atom stereocenters. The number of carbonyl (C=O) groups excluding carboxylic acids is 17. The van der Waals surface area contributed by atoms with Crippen LogP contribution in [0.25, 0.3) is 10.1 Å². The van der Waals surface area contributed by atoms with E-state index in [1.54, 1.807) is 104 Å². The number of carboxylic acid groups (broad SMARTS) is 3. The molecule has 760 valence electrons. The lowest BCUT2D eigenvalue weighted by atomic mass is 9.83. The summed E-state index contributed by atoms with van der Waals surface area (Å²) in [6, 6.07) is 3.99. The van der Waals surface area contributed by atoms with Crippen molar-refractivity contribution in [3.8, 4) is 0 Å². The number of hydrogen-bond donors (Lipinski definition) is 18. The Hall–Kier alpha value is -14.0. The highest BCUT2D eigenvalue weighted by atomic mass is 32.1. The zero-order valence-corrected chi connectivity index (χ0v) is 81.3. The summed E-state index contributed by atoms with van der Waals surface area (Å²) < 4.78 is 6.72. The molecule has 3 spiro atoms. The Morgan fingerprint density at radius 2 is 1.04 bits per heavy atom. The lowest BCUT2D eigenvalue weighted by molar-refractivity contribution is -0.146. The van der Waals surface area contributed by atoms with Crippen LogP contribution in [0.1, 0.15) is 203 Å². The second-order valence-electron chi connectivity index (χ2n) is 37.7. The number of thiophene rings is 2. The van der Waals surface area contributed by atoms with Gasteiger partial charge >= 0.3 is 24.0 Å². The van der Waals surface area contributed by atoms with Crippen molar-refractivity contribution >= 4 is 151 Å². The quantitative estimate of drug-likeness (QED) is 0.0670. The van der Waals surface area contributed by atoms with Crippen molar-refractivity contribution in [1.29, 1.82) is 0 Å². The fraction of sp³-hybridized carbons (Fsp3) is 0.510. The minimum atomic E-state index is -2.20. The topological polar surface area (TPSA) is 612 Å². The Bertz CT molecular complexity index is 5490. The van der Waals surface area contributed by atoms with Crippen molar-refractivity contribution in [1.82, 2.24) is 84.2 Å². The number of likely N-dealkylation sites (tertiary alicyclic amines) is 1. The molecule has 2 aromatic heterocycles. The number of allylic oxidation sites excluding steroid dienone is 3. The number of carboxylic acids is 3. The first-order valence-electron chi connectivity index (χ1n) is 47.4. The van der Waals surface area contributed by atoms with Crippen LogP contribution in [0.5, 0.6) is 0 Å². The molecule has 3 bridgehead atoms. The summed E-state index contributed by atoms with van der Waals surface area (Å²) >= 11 is 2.65. The molecule has 19 N–H and O–H groups in total. The van der Waals surface area contributed by atoms with Crippen molar-refractivity contribution in [2.75, 3.05) is 32.8 Å². The van der Waals surface area contributed by atoms with E-state index < -0.39 is 233 Å². The third-order valence-electron chi connectivity index (χ3n) is 25.5. The van der Waals surface area contributed by atoms with Crippen LogP contribution in [0.3, 0.4) is 0 Å². The van der Waals surface area contributed by atoms with Crippen LogP contribution in [0, 0.1) is 5.41 Å². The van der Waals surface area contributed by atoms with Gasteiger partial charge < -0.3 is 110 Å². The molecule has 41 nitrogen and oxygen atoms in total. The van der Waals surface area contributed by atoms with Gasteiger partial charge in [0.2, 0.25) is 94.5 Å². The largest absolute Gasteiger partial charge is 0.481 e. The minimum Gasteiger partial charge on any atom is -0.481 e. The van der Waals surface area contributed by atoms with Gasteiger partial charge in [0, 0.05) is 63.4 Å². The molecular formula is C98H127N17O24S2. The summed E-state index contributed by atoms with van der Waals surface area (Å²) in [4.78, 5) is 293. The Labute approximate surface area is 822 Å². The molecule has 0 aliphatic carbocycles. The Balaban J connectivity index is 1.03. The summed E-state index contributed by atoms with van der Waals surface area (Å²) in [7, 11) is 0. The van der Waals surface area contributed by atoms with Gasteiger partial charge in [0.25, 0.3) is 0 Å². The average molecular weight is 1990 g/mol. The highest BCUT2D eigenvalue weighted by molar-refractivity contribution is 7.17. The molecule has 0 radical (unpaired) electrons. The van der Waals surface area contributed by atoms with Crippen LogP contribution in [0.15, 0.2) is 125 Å². The van der Waals surface area contributed by atoms with Crippen LogP contribution in [0.4, 0.5) is 4.79 Å². The van der Waals surface area contributed by atoms with Crippen LogP contribution in [0.2, 0.25) is 0 Å². The first-order chi connectivity index (χ1) is 67.0. The SMILES string of the molecule is CC(=O)N1CCC[C@]12C/C=C\CCC[C@@]1(CCC/C=C/CCCOC(=O)N3CC[C@@]4(C3)NC(=O)[C@H](CCCCNC(=O)CC[C@@H](C(N)=O)NC(=O)[C@H](Cc3csc5ccccc35)NC(=O)[C@H](Cc3ccsc3)NC4=O)NC(=O)[C@H](Cc3ccccc3)NC(=O)[C@H](C)NC(=O)[C@H](C)NC(=O)[C@H](Cc3cccc(C(=O)O)c3)NC(=O)[C@H](CC(=O)O)NC1=O)NC(=O)[C@H](CC(C)(C)C)NC(=O)[C@H](CC(=O)O)NC2=O. The van der Waals surface area contributed by atoms with Gasteiger partial charge in [0.15, 0.2) is 0 Å². The van der Waals surface area contributed by atoms with E-state index in [1.807, 2.05) is 18.2 Å². The fourth-order valence-corrected chi connectivity index (χ4v) is 19.5. The van der Waals surface area contributed by atoms with E-state index in [1.165, 1.54) is 72.6 Å². The first-order valence-corrected chi connectivity index (χ1v) is 49.2. The summed E-state index contributed by atoms with van der Waals surface area (Å²) in [5.41, 5.74) is 0.498. The number of amides is 17. The Morgan fingerprint density at radius 3 is 1.69 bits per heavy atom. The molecule has 3 aromatic carbocycles. The molecule has 5 aliphatic rings. The number of nitrogens with one attached hydrogen (secondary N) is 14. The van der Waals surface area contributed by atoms with Crippen molar-refractivity contribution < 1.29 is 116 Å². The number of fused-ring (bicyclic) bond motifs is 4. The summed E-state index contributed by atoms with van der Waals surface area (Å²) in [5.74, 6) is -20.1. The maximum absolute atomic E-state index is 16.0. The van der Waals surface area contributed by atoms with E-state index in [0.29, 0.717) is 23.1 Å². The Morgan fingerprint density at radius 1 is 0.496 bits per heavy atom. The normalized spacial score (nSPS) is 27.2. The lowest BCUT2D eigenvalue weighted by Crippen LogP contribution is -2.66. The molecule has 5 aliphatic heterocycles. The van der Waals surface area contributed by atoms with Gasteiger partial charge in [-0.15, -0.1) is 11.3 Å². The minimum absolute atomic E-state index is 0.00944. The van der Waals surface area contributed by atoms with E-state index in [-0.39, 0.29) is 166 Å². The van der Waals surface area contributed by atoms with Gasteiger partial charge in [0.05, 0.1) is 31.6 Å². The molecule has 0 saturated carbocycles. The van der Waals surface area contributed by atoms with Gasteiger partial charge in [-0.25, -0.2) is 9.59 Å². The summed E-state index contributed by atoms with van der Waals surface area (Å²) in [5, 5.41) is 74.4. The second kappa shape index (κ2) is 50.7. The first kappa shape index (κ1) is 109. The lowest BCUT2D eigenvalue weighted by Gasteiger charge is -2.38. The number of carbonyl (C=O) groups is 20. The maximum Gasteiger partial charge on any atom is 0.409 e. The van der Waals surface area contributed by atoms with E-state index in [4.69, 9.17) is 10.5 Å². The zero-order chi connectivity index (χ0) is 102. The molecular weight excluding hydrogens is 1860 g/mol. The van der Waals surface area contributed by atoms with Gasteiger partial charge in [-0.05, 0) is 196 Å². The van der Waals surface area contributed by atoms with Crippen LogP contribution >= 0.6 is 22.7 Å². The standard InChI is InChI=1S/C98H127N17O24S2/c1-57-80(123)101-58(2)81(124)105-68(47-60-26-14-13-15-27-60)83(126)104-67-31-18-22-41-100-76(117)34-33-66(79(99)122)103-85(128)71(50-64-55-141-75-32-17-16-30-65(64)75)107-84(127)70(49-62-35-45-140-54-62)109-92(136)97(113-88(67)131)40-43-114(56-97)94(138)139-44-23-12-8-7-9-19-36-96(91(135)110-72(51-77(118)119)86(129)106-69(82(125)102-57)48-61-28-24-29-63(46-61)90(133)134)37-20-10-11-21-38-98(39-25-42-115(98)59(3)116)93(137)111-73(52-78(120)121)87(130)108-74(89(132)112-96)53-95(4,5)6/h7-8,11,13-17,21,24,26-30,32,35,45-46,54-55,57-58,66-74H,9-10,12,18-20,22-23,25,31,33-34,36-44,47-53,56H2,1-6H3,(H2,99,122)(H,100,117)(H,101,123)(H,102,125)(H,103,128)(H,104,126)(H,105,124)(H,106,129)(H,107,127)(H,108,130)(H,109,136)(H,110,135)(H,111,137)(H,112,132)(H,113,131)(H,118,119)(H,120,121)(H,133,134)/b8-7+,21-11-/t57-,58-,66-,67-,68-,69-,70-,71-,72-,73-,74-,96+,97-,98-/m0/s1. The zero-order valence-electron chi connectivity index (χ0n) is 79.7. The van der Waals surface area contributed by atoms with E-state index >= 15 is 33.6 Å². The average Bonchev–Trinajstić information content (AvgIpc) is 1.66. The number of nitrogens with zero attached hydrogens (tertiary/aromatic N) is 2. The van der Waals surface area contributed by atoms with Crippen LogP contribution < -0.4 is 80.2 Å². The molecule has 14 atom stereocenters. The number of hydrogen-bond acceptors (Lipinski definition) is 23. The fourth-order valence-electron chi connectivity index (χ4n) is 17.8. The molecule has 17 amide bonds. The number of ether oxygens (including phenoxy) is 1. The summed E-state index contributed by atoms with van der Waals surface area (Å²) in [6.45, 7) is 7.78. The monoisotopic (exact) mass is 1990 g/mol. The molecule has 141 heavy (non-hydrogen) atoms. The van der Waals surface area contributed by atoms with Crippen molar-refractivity contribution in [3.63, 3.8) is 0 Å². The van der Waals surface area contributed by atoms with Gasteiger partial charge in [-0.3, -0.25) is 86.3 Å². The van der Waals surface area contributed by atoms with Gasteiger partial charge in [0.1, 0.15) is 83.1 Å². The third-order valence-corrected chi connectivity index (χ3v) is 27.2. The predicted molar refractivity (Wildman–Crippen MR) is 516 cm³/mol. The van der Waals surface area contributed by atoms with Crippen molar-refractivity contribution in [2.45, 2.75) is 279 Å². The van der Waals surface area contributed by atoms with Gasteiger partial charge in [-0.2, -0.15) is 11.3 Å². The van der Waals surface area contributed by atoms with E-state index in [9.17, 15) is 77.6 Å². The number of nitrogens with two attached hydrogens (primary N) is 1. The second-order valence-corrected chi connectivity index (χ2v) is 39.3. The third kappa shape index (κ3) is 31.2. The molecule has 3 fully saturated rings. The molecule has 10 rings (SSSR count). The van der Waals surface area contributed by atoms with Crippen LogP contribution in [-0.2, 0) is 117 Å². The smallest absolute Gasteiger partial charge is 0.409 e. The predicted octanol–water partition coefficient (Wildman–Crippen LogP) is 2.84. The van der Waals surface area contributed by atoms with E-state index in [2.05, 4.69) is 74.4 Å². The summed E-state index contributed by atoms with van der Waals surface area (Å²) in [6.07, 6.45) is 1.43. The number of cyclic esters (lactones) is 1. The number of benzene rings is 3. The number of aromatic carboxylic acids is 1. The van der Waals surface area contributed by atoms with Crippen molar-refractivity contribution in [3.05, 3.63) is 153 Å². The number of primary amides is 1. The molecule has 43 heteroatoms. The molecule has 5 aromatic rings. The van der Waals surface area contributed by atoms with E-state index in [0.717, 1.165) is 15.0 Å². The molecule has 7 heterocycles. The Kier molecular flexibility index (Phi) is 39.2. The van der Waals surface area contributed by atoms with Crippen LogP contribution in [-0.4, -0.2) is 259 Å².